The molecule has 62 heavy (non-hydrogen) atoms. The number of hydrogen-bond donors (Lipinski definition) is 4. The number of aliphatic hydroxyl groups is 1. The van der Waals surface area contributed by atoms with Crippen molar-refractivity contribution in [1.29, 1.82) is 0 Å². The molecule has 1 fully saturated rings. The van der Waals surface area contributed by atoms with Gasteiger partial charge in [0.15, 0.2) is 0 Å². The standard InChI is InChI=1S/C42H58F2N6O8.2C2H6/c1-29-41(55)49(29)17-19-57-21-23-58-22-20-56-18-13-37(52)46-14-15-47-40(54)35(45)12-16-50(38(53)28-51)39(42(2,3)4)36-24-31(33-25-32(43)10-11-34(33)44)27-48(36)26-30-8-6-5-7-9-30;2*1-2/h5-11,24-25,27,29,35,39,51H,12-23,26,28,45H2,1-4H3,(H,46,52)(H,47,54);2*1-2H3. The Kier molecular flexibility index (Phi) is 24.2. The Balaban J connectivity index is 0.00000321. The molecule has 0 bridgehead atoms. The number of nitrogens with two attached hydrogens (primary N) is 1. The third-order valence-corrected chi connectivity index (χ3v) is 9.73. The molecule has 2 heterocycles. The molecule has 14 nitrogen and oxygen atoms in total. The molecule has 0 spiro atoms. The topological polar surface area (TPSA) is 177 Å². The quantitative estimate of drug-likeness (QED) is 0.0670. The lowest BCUT2D eigenvalue weighted by atomic mass is 9.82. The second-order valence-corrected chi connectivity index (χ2v) is 15.2. The number of aliphatic hydroxyl groups excluding tert-OH is 1. The molecule has 0 saturated carbocycles. The molecule has 3 atom stereocenters. The van der Waals surface area contributed by atoms with Crippen LogP contribution in [-0.4, -0.2) is 128 Å². The molecule has 16 heteroatoms. The van der Waals surface area contributed by atoms with E-state index in [1.165, 1.54) is 4.90 Å². The van der Waals surface area contributed by atoms with Gasteiger partial charge in [0.1, 0.15) is 24.3 Å². The lowest BCUT2D eigenvalue weighted by Crippen LogP contribution is -2.48. The van der Waals surface area contributed by atoms with Crippen molar-refractivity contribution in [3.8, 4) is 11.1 Å². The van der Waals surface area contributed by atoms with Crippen molar-refractivity contribution in [3.63, 3.8) is 0 Å². The summed E-state index contributed by atoms with van der Waals surface area (Å²) in [5, 5.41) is 15.5. The Bertz CT molecular complexity index is 1810. The van der Waals surface area contributed by atoms with Gasteiger partial charge in [0.2, 0.25) is 23.6 Å². The minimum atomic E-state index is -1.02. The van der Waals surface area contributed by atoms with Crippen LogP contribution in [0.1, 0.15) is 85.5 Å². The minimum Gasteiger partial charge on any atom is -0.387 e. The summed E-state index contributed by atoms with van der Waals surface area (Å²) < 4.78 is 47.5. The number of nitrogens with one attached hydrogen (secondary N) is 2. The lowest BCUT2D eigenvalue weighted by molar-refractivity contribution is -0.140. The van der Waals surface area contributed by atoms with E-state index in [0.717, 1.165) is 23.8 Å². The van der Waals surface area contributed by atoms with Crippen molar-refractivity contribution in [3.05, 3.63) is 83.7 Å². The first-order valence-electron chi connectivity index (χ1n) is 21.6. The second kappa shape index (κ2) is 28.1. The molecule has 3 aromatic rings. The van der Waals surface area contributed by atoms with E-state index in [4.69, 9.17) is 19.9 Å². The van der Waals surface area contributed by atoms with Gasteiger partial charge >= 0.3 is 0 Å². The molecular formula is C46H70F2N6O8. The number of ether oxygens (including phenoxy) is 3. The van der Waals surface area contributed by atoms with Crippen molar-refractivity contribution in [1.82, 2.24) is 25.0 Å². The number of carbonyl (C=O) groups is 4. The average Bonchev–Trinajstić information content (AvgIpc) is 3.62. The molecule has 1 aliphatic heterocycles. The highest BCUT2D eigenvalue weighted by atomic mass is 19.1. The molecule has 0 aliphatic carbocycles. The number of halogens is 2. The predicted molar refractivity (Wildman–Crippen MR) is 236 cm³/mol. The molecule has 1 aromatic heterocycles. The van der Waals surface area contributed by atoms with E-state index in [-0.39, 0.29) is 62.5 Å². The number of rotatable bonds is 25. The van der Waals surface area contributed by atoms with Crippen LogP contribution in [0.4, 0.5) is 8.78 Å². The van der Waals surface area contributed by atoms with Gasteiger partial charge in [-0.25, -0.2) is 8.78 Å². The molecule has 3 unspecified atom stereocenters. The van der Waals surface area contributed by atoms with Gasteiger partial charge in [-0.1, -0.05) is 78.8 Å². The van der Waals surface area contributed by atoms with Gasteiger partial charge in [-0.05, 0) is 48.6 Å². The molecule has 346 valence electrons. The van der Waals surface area contributed by atoms with Crippen LogP contribution in [0, 0.1) is 17.0 Å². The van der Waals surface area contributed by atoms with Crippen molar-refractivity contribution in [2.75, 3.05) is 72.4 Å². The summed E-state index contributed by atoms with van der Waals surface area (Å²) in [6, 6.07) is 12.8. The summed E-state index contributed by atoms with van der Waals surface area (Å²) in [6.45, 7) is 18.2. The number of nitrogens with zero attached hydrogens (tertiary/aromatic N) is 3. The van der Waals surface area contributed by atoms with Crippen molar-refractivity contribution in [2.45, 2.75) is 92.9 Å². The van der Waals surface area contributed by atoms with Gasteiger partial charge in [-0.2, -0.15) is 0 Å². The molecule has 5 N–H and O–H groups in total. The molecular weight excluding hydrogens is 803 g/mol. The van der Waals surface area contributed by atoms with E-state index in [2.05, 4.69) is 10.6 Å². The summed E-state index contributed by atoms with van der Waals surface area (Å²) in [6.07, 6.45) is 1.90. The fraction of sp³-hybridized carbons (Fsp3) is 0.565. The average molecular weight is 873 g/mol. The van der Waals surface area contributed by atoms with Gasteiger partial charge in [0.05, 0.1) is 51.7 Å². The van der Waals surface area contributed by atoms with Gasteiger partial charge in [-0.15, -0.1) is 0 Å². The third kappa shape index (κ3) is 17.6. The highest BCUT2D eigenvalue weighted by molar-refractivity contribution is 5.96. The third-order valence-electron chi connectivity index (χ3n) is 9.73. The monoisotopic (exact) mass is 873 g/mol. The van der Waals surface area contributed by atoms with Gasteiger partial charge < -0.3 is 50.1 Å². The van der Waals surface area contributed by atoms with Crippen molar-refractivity contribution < 1.29 is 47.3 Å². The molecule has 1 aliphatic rings. The first-order chi connectivity index (χ1) is 29.7. The van der Waals surface area contributed by atoms with E-state index in [1.54, 1.807) is 17.2 Å². The Hall–Kier alpha value is -4.74. The first-order valence-corrected chi connectivity index (χ1v) is 21.6. The maximum Gasteiger partial charge on any atom is 0.248 e. The maximum atomic E-state index is 15.0. The lowest BCUT2D eigenvalue weighted by Gasteiger charge is -2.41. The van der Waals surface area contributed by atoms with Crippen LogP contribution in [-0.2, 0) is 39.9 Å². The van der Waals surface area contributed by atoms with Gasteiger partial charge in [0, 0.05) is 62.2 Å². The van der Waals surface area contributed by atoms with Crippen LogP contribution in [0.5, 0.6) is 0 Å². The molecule has 4 amide bonds. The van der Waals surface area contributed by atoms with Crippen LogP contribution in [0.15, 0.2) is 60.8 Å². The number of aromatic nitrogens is 1. The zero-order valence-corrected chi connectivity index (χ0v) is 37.9. The highest BCUT2D eigenvalue weighted by Gasteiger charge is 2.40. The largest absolute Gasteiger partial charge is 0.387 e. The summed E-state index contributed by atoms with van der Waals surface area (Å²) >= 11 is 0. The van der Waals surface area contributed by atoms with E-state index in [9.17, 15) is 28.7 Å². The fourth-order valence-electron chi connectivity index (χ4n) is 6.61. The van der Waals surface area contributed by atoms with Gasteiger partial charge in [-0.3, -0.25) is 19.2 Å². The number of hydrogen-bond acceptors (Lipinski definition) is 9. The zero-order valence-electron chi connectivity index (χ0n) is 37.9. The Morgan fingerprint density at radius 3 is 2.08 bits per heavy atom. The zero-order chi connectivity index (χ0) is 46.2. The van der Waals surface area contributed by atoms with Crippen molar-refractivity contribution in [2.24, 2.45) is 11.1 Å². The van der Waals surface area contributed by atoms with Crippen molar-refractivity contribution >= 4 is 23.6 Å². The van der Waals surface area contributed by atoms with E-state index in [1.807, 2.05) is 90.3 Å². The summed E-state index contributed by atoms with van der Waals surface area (Å²) in [5.74, 6) is -2.37. The SMILES string of the molecule is CC.CC.CC1C(=O)N1CCOCCOCCOCCC(=O)NCCNC(=O)C(N)CCN(C(=O)CO)C(c1cc(-c2cc(F)ccc2F)cn1Cc1ccccc1)C(C)(C)C. The summed E-state index contributed by atoms with van der Waals surface area (Å²) in [5.41, 5.74) is 7.69. The van der Waals surface area contributed by atoms with Crippen LogP contribution in [0.2, 0.25) is 0 Å². The van der Waals surface area contributed by atoms with Crippen LogP contribution in [0.25, 0.3) is 11.1 Å². The molecule has 1 saturated heterocycles. The van der Waals surface area contributed by atoms with E-state index in [0.29, 0.717) is 57.4 Å². The van der Waals surface area contributed by atoms with Crippen LogP contribution in [0.3, 0.4) is 0 Å². The summed E-state index contributed by atoms with van der Waals surface area (Å²) in [7, 11) is 0. The smallest absolute Gasteiger partial charge is 0.248 e. The molecule has 4 rings (SSSR count). The predicted octanol–water partition coefficient (Wildman–Crippen LogP) is 5.06. The Morgan fingerprint density at radius 2 is 1.48 bits per heavy atom. The van der Waals surface area contributed by atoms with Gasteiger partial charge in [0.25, 0.3) is 0 Å². The minimum absolute atomic E-state index is 0.0000606. The van der Waals surface area contributed by atoms with Crippen LogP contribution < -0.4 is 16.4 Å². The fourth-order valence-corrected chi connectivity index (χ4v) is 6.61. The second-order valence-electron chi connectivity index (χ2n) is 15.2. The maximum absolute atomic E-state index is 15.0. The van der Waals surface area contributed by atoms with E-state index >= 15 is 4.39 Å². The number of benzene rings is 2. The number of amides is 4. The number of carbonyl (C=O) groups excluding carboxylic acids is 4. The Morgan fingerprint density at radius 1 is 0.887 bits per heavy atom. The first kappa shape index (κ1) is 53.4. The highest BCUT2D eigenvalue weighted by Crippen LogP contribution is 2.41. The molecule has 0 radical (unpaired) electrons. The van der Waals surface area contributed by atoms with E-state index < -0.39 is 47.6 Å². The summed E-state index contributed by atoms with van der Waals surface area (Å²) in [4.78, 5) is 53.1. The van der Waals surface area contributed by atoms with Crippen LogP contribution >= 0.6 is 0 Å². The normalized spacial score (nSPS) is 14.2. The Labute approximate surface area is 366 Å². The molecule has 2 aromatic carbocycles.